The predicted molar refractivity (Wildman–Crippen MR) is 68.8 cm³/mol. The molecule has 0 aromatic heterocycles. The highest BCUT2D eigenvalue weighted by Crippen LogP contribution is 2.21. The molecule has 0 saturated heterocycles. The summed E-state index contributed by atoms with van der Waals surface area (Å²) in [6, 6.07) is 8.63. The standard InChI is InChI=1S/C14H18N2O/c1-2-7-15-10-14(17)16-13-8-11-5-3-4-6-12(11)9-13/h2-6,13,15H,1,7-10H2,(H,16,17). The summed E-state index contributed by atoms with van der Waals surface area (Å²) >= 11 is 0. The zero-order valence-corrected chi connectivity index (χ0v) is 9.91. The van der Waals surface area contributed by atoms with Gasteiger partial charge in [-0.2, -0.15) is 0 Å². The van der Waals surface area contributed by atoms with Crippen LogP contribution >= 0.6 is 0 Å². The van der Waals surface area contributed by atoms with Gasteiger partial charge < -0.3 is 10.6 Å². The quantitative estimate of drug-likeness (QED) is 0.586. The SMILES string of the molecule is C=CCNCC(=O)NC1Cc2ccccc2C1. The lowest BCUT2D eigenvalue weighted by Crippen LogP contribution is -2.40. The number of benzene rings is 1. The number of nitrogens with one attached hydrogen (secondary N) is 2. The average Bonchev–Trinajstić information content (AvgIpc) is 2.71. The van der Waals surface area contributed by atoms with Gasteiger partial charge >= 0.3 is 0 Å². The lowest BCUT2D eigenvalue weighted by Gasteiger charge is -2.12. The number of hydrogen-bond donors (Lipinski definition) is 2. The van der Waals surface area contributed by atoms with Crippen LogP contribution < -0.4 is 10.6 Å². The summed E-state index contributed by atoms with van der Waals surface area (Å²) in [5.41, 5.74) is 2.72. The molecule has 0 heterocycles. The lowest BCUT2D eigenvalue weighted by atomic mass is 10.1. The maximum atomic E-state index is 11.6. The molecule has 0 atom stereocenters. The van der Waals surface area contributed by atoms with E-state index in [2.05, 4.69) is 41.5 Å². The van der Waals surface area contributed by atoms with E-state index in [9.17, 15) is 4.79 Å². The molecule has 1 aliphatic carbocycles. The van der Waals surface area contributed by atoms with Gasteiger partial charge in [0, 0.05) is 12.6 Å². The third kappa shape index (κ3) is 3.17. The van der Waals surface area contributed by atoms with Crippen LogP contribution in [0.3, 0.4) is 0 Å². The van der Waals surface area contributed by atoms with Crippen molar-refractivity contribution in [2.45, 2.75) is 18.9 Å². The molecule has 1 amide bonds. The summed E-state index contributed by atoms with van der Waals surface area (Å²) in [7, 11) is 0. The zero-order chi connectivity index (χ0) is 12.1. The topological polar surface area (TPSA) is 41.1 Å². The normalized spacial score (nSPS) is 14.4. The second kappa shape index (κ2) is 5.64. The molecule has 1 aliphatic rings. The lowest BCUT2D eigenvalue weighted by molar-refractivity contribution is -0.120. The van der Waals surface area contributed by atoms with E-state index in [-0.39, 0.29) is 11.9 Å². The van der Waals surface area contributed by atoms with E-state index >= 15 is 0 Å². The van der Waals surface area contributed by atoms with Crippen LogP contribution in [-0.2, 0) is 17.6 Å². The molecule has 0 unspecified atom stereocenters. The fourth-order valence-electron chi connectivity index (χ4n) is 2.23. The van der Waals surface area contributed by atoms with Gasteiger partial charge in [0.15, 0.2) is 0 Å². The highest BCUT2D eigenvalue weighted by atomic mass is 16.1. The van der Waals surface area contributed by atoms with E-state index in [1.165, 1.54) is 11.1 Å². The molecule has 0 radical (unpaired) electrons. The van der Waals surface area contributed by atoms with Gasteiger partial charge in [0.25, 0.3) is 0 Å². The molecule has 90 valence electrons. The van der Waals surface area contributed by atoms with E-state index < -0.39 is 0 Å². The highest BCUT2D eigenvalue weighted by Gasteiger charge is 2.21. The predicted octanol–water partition coefficient (Wildman–Crippen LogP) is 1.05. The van der Waals surface area contributed by atoms with Gasteiger partial charge in [-0.25, -0.2) is 0 Å². The Morgan fingerprint density at radius 2 is 2.00 bits per heavy atom. The molecule has 1 aromatic rings. The van der Waals surface area contributed by atoms with Crippen molar-refractivity contribution in [3.8, 4) is 0 Å². The maximum Gasteiger partial charge on any atom is 0.234 e. The minimum atomic E-state index is 0.0599. The smallest absolute Gasteiger partial charge is 0.234 e. The Hall–Kier alpha value is -1.61. The fourth-order valence-corrected chi connectivity index (χ4v) is 2.23. The van der Waals surface area contributed by atoms with Gasteiger partial charge in [-0.15, -0.1) is 6.58 Å². The fraction of sp³-hybridized carbons (Fsp3) is 0.357. The Labute approximate surface area is 102 Å². The molecular weight excluding hydrogens is 212 g/mol. The highest BCUT2D eigenvalue weighted by molar-refractivity contribution is 5.78. The molecule has 17 heavy (non-hydrogen) atoms. The zero-order valence-electron chi connectivity index (χ0n) is 9.91. The van der Waals surface area contributed by atoms with Crippen LogP contribution in [0.1, 0.15) is 11.1 Å². The summed E-state index contributed by atoms with van der Waals surface area (Å²) < 4.78 is 0. The van der Waals surface area contributed by atoms with Gasteiger partial charge in [-0.3, -0.25) is 4.79 Å². The molecule has 0 aliphatic heterocycles. The van der Waals surface area contributed by atoms with Crippen molar-refractivity contribution in [1.82, 2.24) is 10.6 Å². The number of carbonyl (C=O) groups is 1. The maximum absolute atomic E-state index is 11.6. The second-order valence-corrected chi connectivity index (χ2v) is 4.36. The van der Waals surface area contributed by atoms with Gasteiger partial charge in [0.1, 0.15) is 0 Å². The summed E-state index contributed by atoms with van der Waals surface area (Å²) in [4.78, 5) is 11.6. The Balaban J connectivity index is 1.79. The molecular formula is C14H18N2O. The molecule has 0 bridgehead atoms. The molecule has 3 heteroatoms. The van der Waals surface area contributed by atoms with Crippen molar-refractivity contribution in [3.63, 3.8) is 0 Å². The van der Waals surface area contributed by atoms with Gasteiger partial charge in [0.2, 0.25) is 5.91 Å². The summed E-state index contributed by atoms with van der Waals surface area (Å²) in [6.07, 6.45) is 3.64. The summed E-state index contributed by atoms with van der Waals surface area (Å²) in [5, 5.41) is 6.05. The van der Waals surface area contributed by atoms with E-state index in [1.54, 1.807) is 6.08 Å². The first-order valence-corrected chi connectivity index (χ1v) is 5.97. The number of rotatable bonds is 5. The monoisotopic (exact) mass is 230 g/mol. The average molecular weight is 230 g/mol. The van der Waals surface area contributed by atoms with E-state index in [1.807, 2.05) is 0 Å². The van der Waals surface area contributed by atoms with E-state index in [0.29, 0.717) is 13.1 Å². The molecule has 3 nitrogen and oxygen atoms in total. The van der Waals surface area contributed by atoms with Crippen molar-refractivity contribution < 1.29 is 4.79 Å². The minimum Gasteiger partial charge on any atom is -0.352 e. The van der Waals surface area contributed by atoms with Crippen LogP contribution in [0.15, 0.2) is 36.9 Å². The first-order valence-electron chi connectivity index (χ1n) is 5.97. The Kier molecular flexibility index (Phi) is 3.94. The third-order valence-electron chi connectivity index (χ3n) is 2.99. The molecule has 2 N–H and O–H groups in total. The Morgan fingerprint density at radius 3 is 2.59 bits per heavy atom. The van der Waals surface area contributed by atoms with Gasteiger partial charge in [0.05, 0.1) is 6.54 Å². The van der Waals surface area contributed by atoms with Gasteiger partial charge in [-0.05, 0) is 24.0 Å². The number of hydrogen-bond acceptors (Lipinski definition) is 2. The molecule has 0 saturated carbocycles. The summed E-state index contributed by atoms with van der Waals surface area (Å²) in [6.45, 7) is 4.62. The third-order valence-corrected chi connectivity index (χ3v) is 2.99. The Bertz CT molecular complexity index is 389. The van der Waals surface area contributed by atoms with Crippen LogP contribution in [-0.4, -0.2) is 25.0 Å². The summed E-state index contributed by atoms with van der Waals surface area (Å²) in [5.74, 6) is 0.0599. The number of carbonyl (C=O) groups excluding carboxylic acids is 1. The minimum absolute atomic E-state index is 0.0599. The van der Waals surface area contributed by atoms with Crippen molar-refractivity contribution in [3.05, 3.63) is 48.0 Å². The second-order valence-electron chi connectivity index (χ2n) is 4.36. The van der Waals surface area contributed by atoms with Crippen LogP contribution in [0, 0.1) is 0 Å². The largest absolute Gasteiger partial charge is 0.352 e. The van der Waals surface area contributed by atoms with Crippen LogP contribution in [0.25, 0.3) is 0 Å². The van der Waals surface area contributed by atoms with Crippen LogP contribution in [0.5, 0.6) is 0 Å². The van der Waals surface area contributed by atoms with Gasteiger partial charge in [-0.1, -0.05) is 30.3 Å². The number of amides is 1. The van der Waals surface area contributed by atoms with E-state index in [4.69, 9.17) is 0 Å². The van der Waals surface area contributed by atoms with Crippen molar-refractivity contribution >= 4 is 5.91 Å². The molecule has 0 fully saturated rings. The molecule has 1 aromatic carbocycles. The first-order chi connectivity index (χ1) is 8.29. The molecule has 0 spiro atoms. The first kappa shape index (κ1) is 11.9. The van der Waals surface area contributed by atoms with Crippen LogP contribution in [0.2, 0.25) is 0 Å². The Morgan fingerprint density at radius 1 is 1.35 bits per heavy atom. The molecule has 2 rings (SSSR count). The van der Waals surface area contributed by atoms with Crippen molar-refractivity contribution in [1.29, 1.82) is 0 Å². The van der Waals surface area contributed by atoms with Crippen molar-refractivity contribution in [2.75, 3.05) is 13.1 Å². The number of fused-ring (bicyclic) bond motifs is 1. The van der Waals surface area contributed by atoms with Crippen molar-refractivity contribution in [2.24, 2.45) is 0 Å². The van der Waals surface area contributed by atoms with Crippen LogP contribution in [0.4, 0.5) is 0 Å². The van der Waals surface area contributed by atoms with E-state index in [0.717, 1.165) is 12.8 Å².